The van der Waals surface area contributed by atoms with Crippen molar-refractivity contribution in [3.8, 4) is 0 Å². The van der Waals surface area contributed by atoms with Crippen LogP contribution in [0.1, 0.15) is 12.8 Å². The first-order valence-electron chi connectivity index (χ1n) is 4.68. The number of hydrogen-bond donors (Lipinski definition) is 6. The summed E-state index contributed by atoms with van der Waals surface area (Å²) in [5.41, 5.74) is 15.3. The highest BCUT2D eigenvalue weighted by molar-refractivity contribution is 6.27. The summed E-state index contributed by atoms with van der Waals surface area (Å²) in [6.07, 6.45) is 0.956. The molecule has 0 bridgehead atoms. The second kappa shape index (κ2) is 9.84. The first-order valence-corrected chi connectivity index (χ1v) is 4.68. The summed E-state index contributed by atoms with van der Waals surface area (Å²) < 4.78 is 0. The molecule has 9 N–H and O–H groups in total. The van der Waals surface area contributed by atoms with Crippen molar-refractivity contribution in [1.29, 1.82) is 0 Å². The van der Waals surface area contributed by atoms with Crippen molar-refractivity contribution in [2.45, 2.75) is 18.9 Å². The highest BCUT2D eigenvalue weighted by Gasteiger charge is 2.09. The highest BCUT2D eigenvalue weighted by atomic mass is 16.4. The maximum Gasteiger partial charge on any atom is 0.414 e. The fraction of sp³-hybridized carbons (Fsp3) is 0.500. The average Bonchev–Trinajstić information content (AvgIpc) is 2.24. The lowest BCUT2D eigenvalue weighted by atomic mass is 10.2. The number of carbonyl (C=O) groups is 3. The zero-order valence-corrected chi connectivity index (χ0v) is 9.44. The number of carboxylic acid groups (broad SMARTS) is 3. The zero-order chi connectivity index (χ0) is 14.7. The van der Waals surface area contributed by atoms with Crippen LogP contribution in [0.2, 0.25) is 0 Å². The van der Waals surface area contributed by atoms with Gasteiger partial charge in [-0.25, -0.2) is 9.59 Å². The van der Waals surface area contributed by atoms with E-state index in [1.807, 2.05) is 0 Å². The molecule has 104 valence electrons. The molecule has 0 saturated heterocycles. The van der Waals surface area contributed by atoms with E-state index in [4.69, 9.17) is 42.1 Å². The van der Waals surface area contributed by atoms with Gasteiger partial charge in [-0.15, -0.1) is 0 Å². The molecule has 0 saturated carbocycles. The van der Waals surface area contributed by atoms with E-state index < -0.39 is 23.9 Å². The van der Waals surface area contributed by atoms with Gasteiger partial charge in [0.1, 0.15) is 6.04 Å². The number of guanidine groups is 1. The van der Waals surface area contributed by atoms with Crippen molar-refractivity contribution >= 4 is 23.9 Å². The molecule has 0 aromatic heterocycles. The van der Waals surface area contributed by atoms with Crippen molar-refractivity contribution in [2.75, 3.05) is 6.54 Å². The number of aliphatic carboxylic acids is 3. The predicted octanol–water partition coefficient (Wildman–Crippen LogP) is -2.39. The van der Waals surface area contributed by atoms with Crippen molar-refractivity contribution in [3.63, 3.8) is 0 Å². The Balaban J connectivity index is 0. The maximum atomic E-state index is 10.2. The normalized spacial score (nSPS) is 10.5. The fourth-order valence-electron chi connectivity index (χ4n) is 0.643. The Bertz CT molecular complexity index is 314. The molecule has 0 aliphatic rings. The minimum absolute atomic E-state index is 0.0129. The van der Waals surface area contributed by atoms with Crippen LogP contribution in [0, 0.1) is 0 Å². The zero-order valence-electron chi connectivity index (χ0n) is 9.44. The molecule has 0 heterocycles. The standard InChI is InChI=1S/C6H14N4O2.C2H2O4/c7-4(5(11)12)2-1-3-10-6(8)9;3-1(4)2(5)6/h4H,1-3,7H2,(H,11,12)(H4,8,9,10);(H,3,4)(H,5,6). The molecule has 0 aromatic carbocycles. The van der Waals surface area contributed by atoms with Crippen molar-refractivity contribution < 1.29 is 29.7 Å². The molecule has 0 aliphatic carbocycles. The van der Waals surface area contributed by atoms with Crippen LogP contribution >= 0.6 is 0 Å². The van der Waals surface area contributed by atoms with E-state index in [0.29, 0.717) is 19.4 Å². The summed E-state index contributed by atoms with van der Waals surface area (Å²) in [6.45, 7) is 0.420. The lowest BCUT2D eigenvalue weighted by molar-refractivity contribution is -0.159. The fourth-order valence-corrected chi connectivity index (χ4v) is 0.643. The Morgan fingerprint density at radius 3 is 1.78 bits per heavy atom. The molecule has 1 unspecified atom stereocenters. The number of carboxylic acids is 3. The highest BCUT2D eigenvalue weighted by Crippen LogP contribution is 1.94. The molecule has 18 heavy (non-hydrogen) atoms. The van der Waals surface area contributed by atoms with Gasteiger partial charge < -0.3 is 32.5 Å². The van der Waals surface area contributed by atoms with Crippen LogP contribution in [0.5, 0.6) is 0 Å². The van der Waals surface area contributed by atoms with Gasteiger partial charge in [-0.3, -0.25) is 9.79 Å². The second-order valence-electron chi connectivity index (χ2n) is 3.00. The van der Waals surface area contributed by atoms with Crippen molar-refractivity contribution in [2.24, 2.45) is 22.2 Å². The quantitative estimate of drug-likeness (QED) is 0.135. The minimum Gasteiger partial charge on any atom is -0.480 e. The van der Waals surface area contributed by atoms with Crippen LogP contribution in [0.25, 0.3) is 0 Å². The van der Waals surface area contributed by atoms with Gasteiger partial charge in [0.2, 0.25) is 0 Å². The van der Waals surface area contributed by atoms with Gasteiger partial charge in [-0.05, 0) is 12.8 Å². The molecule has 10 nitrogen and oxygen atoms in total. The SMILES string of the molecule is NC(N)=NCCCC(N)C(=O)O.O=C(O)C(=O)O. The summed E-state index contributed by atoms with van der Waals surface area (Å²) in [6, 6.07) is -0.820. The van der Waals surface area contributed by atoms with Crippen molar-refractivity contribution in [3.05, 3.63) is 0 Å². The van der Waals surface area contributed by atoms with Gasteiger partial charge in [0, 0.05) is 6.54 Å². The van der Waals surface area contributed by atoms with Gasteiger partial charge in [0.25, 0.3) is 0 Å². The van der Waals surface area contributed by atoms with Gasteiger partial charge >= 0.3 is 17.9 Å². The van der Waals surface area contributed by atoms with E-state index >= 15 is 0 Å². The molecule has 0 radical (unpaired) electrons. The van der Waals surface area contributed by atoms with E-state index in [9.17, 15) is 4.79 Å². The maximum absolute atomic E-state index is 10.2. The minimum atomic E-state index is -1.82. The summed E-state index contributed by atoms with van der Waals surface area (Å²) in [5, 5.41) is 23.2. The molecule has 1 atom stereocenters. The van der Waals surface area contributed by atoms with Gasteiger partial charge in [0.05, 0.1) is 0 Å². The number of hydrogen-bond acceptors (Lipinski definition) is 5. The molecule has 0 aliphatic heterocycles. The Morgan fingerprint density at radius 1 is 1.06 bits per heavy atom. The summed E-state index contributed by atoms with van der Waals surface area (Å²) in [7, 11) is 0. The van der Waals surface area contributed by atoms with E-state index in [-0.39, 0.29) is 5.96 Å². The first-order chi connectivity index (χ1) is 8.18. The molecule has 0 spiro atoms. The largest absolute Gasteiger partial charge is 0.480 e. The molecule has 0 rings (SSSR count). The molecular weight excluding hydrogens is 248 g/mol. The van der Waals surface area contributed by atoms with E-state index in [2.05, 4.69) is 4.99 Å². The van der Waals surface area contributed by atoms with Gasteiger partial charge in [0.15, 0.2) is 5.96 Å². The third-order valence-electron chi connectivity index (χ3n) is 1.47. The summed E-state index contributed by atoms with van der Waals surface area (Å²) in [4.78, 5) is 32.1. The summed E-state index contributed by atoms with van der Waals surface area (Å²) >= 11 is 0. The van der Waals surface area contributed by atoms with E-state index in [1.54, 1.807) is 0 Å². The van der Waals surface area contributed by atoms with Crippen LogP contribution in [0.4, 0.5) is 0 Å². The van der Waals surface area contributed by atoms with Crippen LogP contribution in [0.3, 0.4) is 0 Å². The van der Waals surface area contributed by atoms with Gasteiger partial charge in [-0.2, -0.15) is 0 Å². The lowest BCUT2D eigenvalue weighted by Gasteiger charge is -2.03. The Hall–Kier alpha value is -2.36. The third-order valence-corrected chi connectivity index (χ3v) is 1.47. The Kier molecular flexibility index (Phi) is 9.85. The third kappa shape index (κ3) is 13.6. The molecule has 10 heteroatoms. The number of nitrogens with zero attached hydrogens (tertiary/aromatic N) is 1. The smallest absolute Gasteiger partial charge is 0.414 e. The van der Waals surface area contributed by atoms with Crippen LogP contribution in [-0.2, 0) is 14.4 Å². The monoisotopic (exact) mass is 264 g/mol. The number of nitrogens with two attached hydrogens (primary N) is 3. The van der Waals surface area contributed by atoms with Crippen LogP contribution < -0.4 is 17.2 Å². The average molecular weight is 264 g/mol. The molecule has 0 amide bonds. The lowest BCUT2D eigenvalue weighted by Crippen LogP contribution is -2.30. The Morgan fingerprint density at radius 2 is 1.50 bits per heavy atom. The van der Waals surface area contributed by atoms with Crippen LogP contribution in [0.15, 0.2) is 4.99 Å². The van der Waals surface area contributed by atoms with Gasteiger partial charge in [-0.1, -0.05) is 0 Å². The van der Waals surface area contributed by atoms with E-state index in [0.717, 1.165) is 0 Å². The predicted molar refractivity (Wildman–Crippen MR) is 60.8 cm³/mol. The second-order valence-corrected chi connectivity index (χ2v) is 3.00. The first kappa shape index (κ1) is 18.0. The molecule has 0 fully saturated rings. The van der Waals surface area contributed by atoms with E-state index in [1.165, 1.54) is 0 Å². The molecular formula is C8H16N4O6. The topological polar surface area (TPSA) is 202 Å². The Labute approximate surface area is 102 Å². The number of aliphatic imine (C=N–C) groups is 1. The van der Waals surface area contributed by atoms with Crippen LogP contribution in [-0.4, -0.2) is 51.8 Å². The molecule has 0 aromatic rings. The van der Waals surface area contributed by atoms with Crippen molar-refractivity contribution in [1.82, 2.24) is 0 Å². The number of rotatable bonds is 5. The summed E-state index contributed by atoms with van der Waals surface area (Å²) in [5.74, 6) is -4.64.